The van der Waals surface area contributed by atoms with Crippen LogP contribution in [0, 0.1) is 0 Å². The van der Waals surface area contributed by atoms with Gasteiger partial charge in [0, 0.05) is 12.1 Å². The largest absolute Gasteiger partial charge is 0.491 e. The van der Waals surface area contributed by atoms with Crippen LogP contribution in [-0.2, 0) is 0 Å². The van der Waals surface area contributed by atoms with E-state index in [1.54, 1.807) is 24.3 Å². The maximum absolute atomic E-state index is 11.2. The fourth-order valence-corrected chi connectivity index (χ4v) is 2.27. The Hall–Kier alpha value is -1.43. The molecule has 0 saturated carbocycles. The maximum Gasteiger partial charge on any atom is 0.159 e. The summed E-state index contributed by atoms with van der Waals surface area (Å²) < 4.78 is 5.52. The number of carbonyl (C=O) groups is 1. The Morgan fingerprint density at radius 1 is 1.26 bits per heavy atom. The quantitative estimate of drug-likeness (QED) is 0.455. The van der Waals surface area contributed by atoms with Crippen LogP contribution in [0.3, 0.4) is 0 Å². The van der Waals surface area contributed by atoms with E-state index in [4.69, 9.17) is 4.74 Å². The molecule has 0 amide bonds. The number of hydrogen-bond acceptors (Lipinski definition) is 5. The predicted molar refractivity (Wildman–Crippen MR) is 93.2 cm³/mol. The van der Waals surface area contributed by atoms with Crippen molar-refractivity contribution in [2.45, 2.75) is 33.3 Å². The van der Waals surface area contributed by atoms with Gasteiger partial charge in [0.1, 0.15) is 18.5 Å². The summed E-state index contributed by atoms with van der Waals surface area (Å²) in [5, 5.41) is 13.1. The molecule has 5 nitrogen and oxygen atoms in total. The number of carbonyl (C=O) groups excluding carboxylic acids is 1. The number of rotatable bonds is 12. The Kier molecular flexibility index (Phi) is 9.52. The molecule has 0 bridgehead atoms. The van der Waals surface area contributed by atoms with Crippen LogP contribution in [0.2, 0.25) is 0 Å². The van der Waals surface area contributed by atoms with Crippen LogP contribution in [-0.4, -0.2) is 61.2 Å². The highest BCUT2D eigenvalue weighted by molar-refractivity contribution is 5.94. The molecule has 0 radical (unpaired) electrons. The first-order chi connectivity index (χ1) is 11.1. The number of Topliss-reactive ketones (excluding diaryl/α,β-unsaturated/α-hetero) is 1. The molecule has 1 atom stereocenters. The van der Waals surface area contributed by atoms with Crippen molar-refractivity contribution in [2.24, 2.45) is 0 Å². The number of nitrogens with one attached hydrogen (secondary N) is 1. The third kappa shape index (κ3) is 8.11. The molecule has 0 aliphatic rings. The van der Waals surface area contributed by atoms with E-state index in [1.807, 2.05) is 0 Å². The molecular formula is C18H30N2O3. The van der Waals surface area contributed by atoms with E-state index < -0.39 is 6.10 Å². The molecule has 5 heteroatoms. The fraction of sp³-hybridized carbons (Fsp3) is 0.611. The molecule has 1 rings (SSSR count). The number of hydrogen-bond donors (Lipinski definition) is 2. The zero-order chi connectivity index (χ0) is 17.1. The first-order valence-electron chi connectivity index (χ1n) is 8.41. The number of aliphatic hydroxyl groups is 1. The smallest absolute Gasteiger partial charge is 0.159 e. The number of benzene rings is 1. The van der Waals surface area contributed by atoms with Crippen LogP contribution in [0.4, 0.5) is 0 Å². The van der Waals surface area contributed by atoms with Gasteiger partial charge in [-0.1, -0.05) is 13.8 Å². The van der Waals surface area contributed by atoms with E-state index in [0.29, 0.717) is 17.9 Å². The normalized spacial score (nSPS) is 12.4. The highest BCUT2D eigenvalue weighted by Crippen LogP contribution is 2.12. The summed E-state index contributed by atoms with van der Waals surface area (Å²) in [6.07, 6.45) is 0.526. The lowest BCUT2D eigenvalue weighted by atomic mass is 10.1. The number of ketones is 1. The van der Waals surface area contributed by atoms with Crippen LogP contribution in [0.25, 0.3) is 0 Å². The van der Waals surface area contributed by atoms with E-state index in [2.05, 4.69) is 24.1 Å². The van der Waals surface area contributed by atoms with Gasteiger partial charge < -0.3 is 20.1 Å². The highest BCUT2D eigenvalue weighted by atomic mass is 16.5. The molecule has 1 aromatic rings. The van der Waals surface area contributed by atoms with E-state index in [9.17, 15) is 9.90 Å². The zero-order valence-corrected chi connectivity index (χ0v) is 14.5. The first kappa shape index (κ1) is 19.6. The standard InChI is InChI=1S/C18H30N2O3/c1-4-20(5-2)12-6-11-19-13-17(22)14-23-18-9-7-16(8-10-18)15(3)21/h7-10,17,19,22H,4-6,11-14H2,1-3H3/t17-/m0/s1. The zero-order valence-electron chi connectivity index (χ0n) is 14.5. The summed E-state index contributed by atoms with van der Waals surface area (Å²) in [6, 6.07) is 6.97. The molecule has 23 heavy (non-hydrogen) atoms. The number of nitrogens with zero attached hydrogens (tertiary/aromatic N) is 1. The number of ether oxygens (including phenoxy) is 1. The van der Waals surface area contributed by atoms with Crippen molar-refractivity contribution in [1.82, 2.24) is 10.2 Å². The van der Waals surface area contributed by atoms with Crippen molar-refractivity contribution < 1.29 is 14.6 Å². The Labute approximate surface area is 139 Å². The second-order valence-corrected chi connectivity index (χ2v) is 5.63. The van der Waals surface area contributed by atoms with Crippen LogP contribution in [0.1, 0.15) is 37.6 Å². The van der Waals surface area contributed by atoms with Gasteiger partial charge in [-0.3, -0.25) is 4.79 Å². The van der Waals surface area contributed by atoms with Crippen LogP contribution < -0.4 is 10.1 Å². The molecule has 2 N–H and O–H groups in total. The van der Waals surface area contributed by atoms with Crippen molar-refractivity contribution in [1.29, 1.82) is 0 Å². The van der Waals surface area contributed by atoms with Gasteiger partial charge in [0.2, 0.25) is 0 Å². The molecule has 0 aromatic heterocycles. The van der Waals surface area contributed by atoms with Gasteiger partial charge in [-0.2, -0.15) is 0 Å². The lowest BCUT2D eigenvalue weighted by molar-refractivity contribution is 0.101. The summed E-state index contributed by atoms with van der Waals surface area (Å²) >= 11 is 0. The van der Waals surface area contributed by atoms with Crippen LogP contribution in [0.5, 0.6) is 5.75 Å². The van der Waals surface area contributed by atoms with Gasteiger partial charge in [-0.05, 0) is 63.8 Å². The Morgan fingerprint density at radius 2 is 1.91 bits per heavy atom. The SMILES string of the molecule is CCN(CC)CCCNC[C@H](O)COc1ccc(C(C)=O)cc1. The monoisotopic (exact) mass is 322 g/mol. The minimum atomic E-state index is -0.545. The topological polar surface area (TPSA) is 61.8 Å². The molecule has 130 valence electrons. The minimum absolute atomic E-state index is 0.0329. The van der Waals surface area contributed by atoms with Crippen molar-refractivity contribution in [3.63, 3.8) is 0 Å². The summed E-state index contributed by atoms with van der Waals surface area (Å²) in [5.74, 6) is 0.695. The van der Waals surface area contributed by atoms with Crippen molar-refractivity contribution in [3.05, 3.63) is 29.8 Å². The van der Waals surface area contributed by atoms with E-state index in [1.165, 1.54) is 6.92 Å². The minimum Gasteiger partial charge on any atom is -0.491 e. The summed E-state index contributed by atoms with van der Waals surface area (Å²) in [4.78, 5) is 13.6. The van der Waals surface area contributed by atoms with Crippen molar-refractivity contribution >= 4 is 5.78 Å². The average molecular weight is 322 g/mol. The summed E-state index contributed by atoms with van der Waals surface area (Å²) in [6.45, 7) is 10.8. The van der Waals surface area contributed by atoms with Crippen molar-refractivity contribution in [2.75, 3.05) is 39.3 Å². The lowest BCUT2D eigenvalue weighted by Crippen LogP contribution is -2.33. The molecule has 0 aliphatic carbocycles. The van der Waals surface area contributed by atoms with Crippen LogP contribution in [0.15, 0.2) is 24.3 Å². The number of aliphatic hydroxyl groups excluding tert-OH is 1. The van der Waals surface area contributed by atoms with Gasteiger partial charge >= 0.3 is 0 Å². The lowest BCUT2D eigenvalue weighted by Gasteiger charge is -2.18. The molecular weight excluding hydrogens is 292 g/mol. The van der Waals surface area contributed by atoms with E-state index in [0.717, 1.165) is 32.6 Å². The van der Waals surface area contributed by atoms with Crippen LogP contribution >= 0.6 is 0 Å². The summed E-state index contributed by atoms with van der Waals surface area (Å²) in [5.41, 5.74) is 0.660. The van der Waals surface area contributed by atoms with E-state index >= 15 is 0 Å². The predicted octanol–water partition coefficient (Wildman–Crippen LogP) is 1.95. The molecule has 0 unspecified atom stereocenters. The average Bonchev–Trinajstić information content (AvgIpc) is 2.56. The second-order valence-electron chi connectivity index (χ2n) is 5.63. The van der Waals surface area contributed by atoms with Gasteiger partial charge in [-0.15, -0.1) is 0 Å². The first-order valence-corrected chi connectivity index (χ1v) is 8.41. The fourth-order valence-electron chi connectivity index (χ4n) is 2.27. The molecule has 0 saturated heterocycles. The third-order valence-electron chi connectivity index (χ3n) is 3.81. The molecule has 0 fully saturated rings. The highest BCUT2D eigenvalue weighted by Gasteiger charge is 2.06. The second kappa shape index (κ2) is 11.2. The third-order valence-corrected chi connectivity index (χ3v) is 3.81. The Morgan fingerprint density at radius 3 is 2.48 bits per heavy atom. The Balaban J connectivity index is 2.14. The molecule has 1 aromatic carbocycles. The summed E-state index contributed by atoms with van der Waals surface area (Å²) in [7, 11) is 0. The van der Waals surface area contributed by atoms with Gasteiger partial charge in [0.15, 0.2) is 5.78 Å². The molecule has 0 spiro atoms. The van der Waals surface area contributed by atoms with E-state index in [-0.39, 0.29) is 12.4 Å². The van der Waals surface area contributed by atoms with Gasteiger partial charge in [0.25, 0.3) is 0 Å². The molecule has 0 aliphatic heterocycles. The van der Waals surface area contributed by atoms with Gasteiger partial charge in [0.05, 0.1) is 0 Å². The molecule has 0 heterocycles. The van der Waals surface area contributed by atoms with Crippen molar-refractivity contribution in [3.8, 4) is 5.75 Å². The maximum atomic E-state index is 11.2. The Bertz CT molecular complexity index is 444. The van der Waals surface area contributed by atoms with Gasteiger partial charge in [-0.25, -0.2) is 0 Å².